The van der Waals surface area contributed by atoms with Gasteiger partial charge < -0.3 is 31.2 Å². The summed E-state index contributed by atoms with van der Waals surface area (Å²) >= 11 is 0. The molecular weight excluding hydrogens is 255 g/mol. The predicted molar refractivity (Wildman–Crippen MR) is 70.9 cm³/mol. The third-order valence-corrected chi connectivity index (χ3v) is 2.14. The zero-order valence-electron chi connectivity index (χ0n) is 11.4. The van der Waals surface area contributed by atoms with E-state index in [9.17, 15) is 9.18 Å². The van der Waals surface area contributed by atoms with Gasteiger partial charge in [0.2, 0.25) is 0 Å². The van der Waals surface area contributed by atoms with E-state index in [1.807, 2.05) is 7.05 Å². The van der Waals surface area contributed by atoms with Crippen LogP contribution in [0.25, 0.3) is 0 Å². The molecule has 7 nitrogen and oxygen atoms in total. The molecule has 8 heteroatoms. The molecule has 0 bridgehead atoms. The maximum atomic E-state index is 13.1. The van der Waals surface area contributed by atoms with Crippen molar-refractivity contribution in [2.24, 2.45) is 5.73 Å². The van der Waals surface area contributed by atoms with Gasteiger partial charge in [0.25, 0.3) is 0 Å². The first-order valence-corrected chi connectivity index (χ1v) is 6.35. The van der Waals surface area contributed by atoms with E-state index in [0.29, 0.717) is 26.4 Å². The van der Waals surface area contributed by atoms with Crippen molar-refractivity contribution in [3.8, 4) is 0 Å². The molecule has 5 N–H and O–H groups in total. The maximum absolute atomic E-state index is 13.1. The van der Waals surface area contributed by atoms with Crippen LogP contribution in [0.5, 0.6) is 0 Å². The van der Waals surface area contributed by atoms with Crippen molar-refractivity contribution < 1.29 is 18.7 Å². The molecule has 19 heavy (non-hydrogen) atoms. The van der Waals surface area contributed by atoms with Crippen molar-refractivity contribution in [3.63, 3.8) is 0 Å². The Kier molecular flexibility index (Phi) is 12.8. The number of hydrogen-bond donors (Lipinski definition) is 4. The second kappa shape index (κ2) is 13.5. The number of carbonyl (C=O) groups is 1. The average molecular weight is 280 g/mol. The van der Waals surface area contributed by atoms with Gasteiger partial charge in [0.1, 0.15) is 6.17 Å². The number of nitrogens with one attached hydrogen (secondary N) is 3. The van der Waals surface area contributed by atoms with Gasteiger partial charge in [0, 0.05) is 19.6 Å². The molecule has 0 aromatic rings. The van der Waals surface area contributed by atoms with Crippen LogP contribution in [0.15, 0.2) is 0 Å². The largest absolute Gasteiger partial charge is 0.379 e. The van der Waals surface area contributed by atoms with E-state index in [0.717, 1.165) is 13.1 Å². The molecule has 1 unspecified atom stereocenters. The molecule has 0 saturated carbocycles. The number of alkyl halides is 1. The highest BCUT2D eigenvalue weighted by Crippen LogP contribution is 1.89. The number of carbonyl (C=O) groups excluding carboxylic acids is 1. The van der Waals surface area contributed by atoms with Gasteiger partial charge in [-0.05, 0) is 7.05 Å². The van der Waals surface area contributed by atoms with Crippen molar-refractivity contribution in [1.29, 1.82) is 0 Å². The molecule has 0 fully saturated rings. The summed E-state index contributed by atoms with van der Waals surface area (Å²) in [6.07, 6.45) is -1.24. The fourth-order valence-corrected chi connectivity index (χ4v) is 1.17. The van der Waals surface area contributed by atoms with E-state index in [2.05, 4.69) is 16.0 Å². The number of halogens is 1. The van der Waals surface area contributed by atoms with Crippen LogP contribution in [-0.4, -0.2) is 71.9 Å². The number of likely N-dealkylation sites (N-methyl/N-ethyl adjacent to an activating group) is 1. The highest BCUT2D eigenvalue weighted by atomic mass is 19.1. The highest BCUT2D eigenvalue weighted by molar-refractivity contribution is 5.71. The minimum Gasteiger partial charge on any atom is -0.379 e. The van der Waals surface area contributed by atoms with E-state index in [4.69, 9.17) is 15.2 Å². The van der Waals surface area contributed by atoms with Gasteiger partial charge in [-0.1, -0.05) is 0 Å². The maximum Gasteiger partial charge on any atom is 0.312 e. The topological polar surface area (TPSA) is 97.6 Å². The fraction of sp³-hybridized carbons (Fsp3) is 0.909. The van der Waals surface area contributed by atoms with Crippen LogP contribution in [0.1, 0.15) is 0 Å². The Hall–Kier alpha value is -0.960. The summed E-state index contributed by atoms with van der Waals surface area (Å²) < 4.78 is 23.5. The fourth-order valence-electron chi connectivity index (χ4n) is 1.17. The van der Waals surface area contributed by atoms with Crippen LogP contribution < -0.4 is 21.7 Å². The Morgan fingerprint density at radius 1 is 1.21 bits per heavy atom. The number of primary amides is 1. The Morgan fingerprint density at radius 2 is 1.84 bits per heavy atom. The Labute approximate surface area is 113 Å². The molecule has 0 heterocycles. The van der Waals surface area contributed by atoms with Crippen LogP contribution in [0.4, 0.5) is 9.18 Å². The number of rotatable bonds is 13. The first kappa shape index (κ1) is 18.0. The van der Waals surface area contributed by atoms with Crippen LogP contribution >= 0.6 is 0 Å². The van der Waals surface area contributed by atoms with Crippen LogP contribution in [0.3, 0.4) is 0 Å². The highest BCUT2D eigenvalue weighted by Gasteiger charge is 2.06. The molecule has 0 rings (SSSR count). The number of hydrogen-bond acceptors (Lipinski definition) is 5. The van der Waals surface area contributed by atoms with Crippen molar-refractivity contribution >= 4 is 6.03 Å². The monoisotopic (exact) mass is 280 g/mol. The van der Waals surface area contributed by atoms with Gasteiger partial charge in [-0.2, -0.15) is 0 Å². The summed E-state index contributed by atoms with van der Waals surface area (Å²) in [4.78, 5) is 10.3. The molecule has 114 valence electrons. The van der Waals surface area contributed by atoms with Gasteiger partial charge in [0.15, 0.2) is 0 Å². The standard InChI is InChI=1S/C11H25FN4O3/c1-14-2-5-18-6-3-15-4-7-19-9-10(12)8-16-11(13)17/h10,14-15H,2-9H2,1H3,(H3,13,16,17). The van der Waals surface area contributed by atoms with Gasteiger partial charge >= 0.3 is 6.03 Å². The number of urea groups is 1. The summed E-state index contributed by atoms with van der Waals surface area (Å²) in [7, 11) is 1.87. The lowest BCUT2D eigenvalue weighted by Gasteiger charge is -2.10. The smallest absolute Gasteiger partial charge is 0.312 e. The SMILES string of the molecule is CNCCOCCNCCOCC(F)CNC(N)=O. The number of ether oxygens (including phenoxy) is 2. The first-order valence-electron chi connectivity index (χ1n) is 6.35. The summed E-state index contributed by atoms with van der Waals surface area (Å²) in [6.45, 7) is 3.75. The van der Waals surface area contributed by atoms with Crippen molar-refractivity contribution in [2.45, 2.75) is 6.17 Å². The summed E-state index contributed by atoms with van der Waals surface area (Å²) in [6, 6.07) is -0.734. The van der Waals surface area contributed by atoms with Crippen LogP contribution in [0.2, 0.25) is 0 Å². The lowest BCUT2D eigenvalue weighted by atomic mass is 10.4. The second-order valence-corrected chi connectivity index (χ2v) is 3.88. The van der Waals surface area contributed by atoms with Crippen LogP contribution in [-0.2, 0) is 9.47 Å². The molecule has 0 aliphatic heterocycles. The Bertz CT molecular complexity index is 222. The van der Waals surface area contributed by atoms with E-state index < -0.39 is 12.2 Å². The summed E-state index contributed by atoms with van der Waals surface area (Å²) in [5, 5.41) is 8.26. The minimum atomic E-state index is -1.24. The normalized spacial score (nSPS) is 12.3. The molecule has 0 spiro atoms. The molecule has 0 aromatic carbocycles. The molecular formula is C11H25FN4O3. The lowest BCUT2D eigenvalue weighted by Crippen LogP contribution is -2.36. The van der Waals surface area contributed by atoms with E-state index >= 15 is 0 Å². The van der Waals surface area contributed by atoms with Crippen molar-refractivity contribution in [2.75, 3.05) is 59.7 Å². The van der Waals surface area contributed by atoms with Gasteiger partial charge in [-0.25, -0.2) is 9.18 Å². The number of amides is 2. The Morgan fingerprint density at radius 3 is 2.47 bits per heavy atom. The lowest BCUT2D eigenvalue weighted by molar-refractivity contribution is 0.0808. The molecule has 0 aromatic heterocycles. The quantitative estimate of drug-likeness (QED) is 0.319. The predicted octanol–water partition coefficient (Wildman–Crippen LogP) is -1.16. The molecule has 0 radical (unpaired) electrons. The van der Waals surface area contributed by atoms with E-state index in [-0.39, 0.29) is 13.2 Å². The molecule has 0 aliphatic carbocycles. The van der Waals surface area contributed by atoms with Crippen LogP contribution in [0, 0.1) is 0 Å². The summed E-state index contributed by atoms with van der Waals surface area (Å²) in [5.74, 6) is 0. The third kappa shape index (κ3) is 15.0. The summed E-state index contributed by atoms with van der Waals surface area (Å²) in [5.41, 5.74) is 4.81. The molecule has 1 atom stereocenters. The van der Waals surface area contributed by atoms with Crippen molar-refractivity contribution in [1.82, 2.24) is 16.0 Å². The third-order valence-electron chi connectivity index (χ3n) is 2.14. The van der Waals surface area contributed by atoms with Gasteiger partial charge in [0.05, 0.1) is 33.0 Å². The average Bonchev–Trinajstić information content (AvgIpc) is 2.38. The zero-order chi connectivity index (χ0) is 14.3. The minimum absolute atomic E-state index is 0.0549. The zero-order valence-corrected chi connectivity index (χ0v) is 11.4. The van der Waals surface area contributed by atoms with Gasteiger partial charge in [-0.15, -0.1) is 0 Å². The van der Waals surface area contributed by atoms with Crippen molar-refractivity contribution in [3.05, 3.63) is 0 Å². The van der Waals surface area contributed by atoms with E-state index in [1.54, 1.807) is 0 Å². The second-order valence-electron chi connectivity index (χ2n) is 3.88. The van der Waals surface area contributed by atoms with E-state index in [1.165, 1.54) is 0 Å². The molecule has 0 saturated heterocycles. The first-order chi connectivity index (χ1) is 9.16. The number of nitrogens with two attached hydrogens (primary N) is 1. The van der Waals surface area contributed by atoms with Gasteiger partial charge in [-0.3, -0.25) is 0 Å². The molecule has 2 amide bonds. The molecule has 0 aliphatic rings. The Balaban J connectivity index is 3.11.